The molecule has 0 saturated carbocycles. The van der Waals surface area contributed by atoms with E-state index in [4.69, 9.17) is 5.73 Å². The van der Waals surface area contributed by atoms with E-state index in [1.54, 1.807) is 0 Å². The third-order valence-electron chi connectivity index (χ3n) is 2.82. The van der Waals surface area contributed by atoms with E-state index in [-0.39, 0.29) is 0 Å². The van der Waals surface area contributed by atoms with Crippen molar-refractivity contribution >= 4 is 15.9 Å². The molecule has 0 saturated heterocycles. The SMILES string of the molecule is Cc1nn(-c2ccc(CCN)cc2)c(C)c1Br. The van der Waals surface area contributed by atoms with Crippen LogP contribution < -0.4 is 5.73 Å². The molecule has 2 N–H and O–H groups in total. The largest absolute Gasteiger partial charge is 0.330 e. The van der Waals surface area contributed by atoms with Crippen molar-refractivity contribution in [1.82, 2.24) is 9.78 Å². The summed E-state index contributed by atoms with van der Waals surface area (Å²) in [5.74, 6) is 0. The molecule has 3 nitrogen and oxygen atoms in total. The monoisotopic (exact) mass is 293 g/mol. The Balaban J connectivity index is 2.36. The van der Waals surface area contributed by atoms with Gasteiger partial charge in [-0.2, -0.15) is 5.10 Å². The predicted octanol–water partition coefficient (Wildman–Crippen LogP) is 2.75. The minimum absolute atomic E-state index is 0.685. The average Bonchev–Trinajstić information content (AvgIpc) is 2.59. The number of aryl methyl sites for hydroxylation is 1. The molecule has 0 amide bonds. The third-order valence-corrected chi connectivity index (χ3v) is 3.96. The number of hydrogen-bond donors (Lipinski definition) is 1. The van der Waals surface area contributed by atoms with Crippen LogP contribution in [0.5, 0.6) is 0 Å². The number of benzene rings is 1. The molecule has 0 aliphatic carbocycles. The van der Waals surface area contributed by atoms with Gasteiger partial charge >= 0.3 is 0 Å². The number of halogens is 1. The second-order valence-electron chi connectivity index (χ2n) is 4.10. The molecule has 4 heteroatoms. The molecule has 0 aliphatic heterocycles. The first kappa shape index (κ1) is 12.3. The Labute approximate surface area is 110 Å². The maximum atomic E-state index is 5.53. The van der Waals surface area contributed by atoms with E-state index >= 15 is 0 Å². The second-order valence-corrected chi connectivity index (χ2v) is 4.89. The van der Waals surface area contributed by atoms with Crippen LogP contribution in [0.4, 0.5) is 0 Å². The van der Waals surface area contributed by atoms with Crippen molar-refractivity contribution in [2.45, 2.75) is 20.3 Å². The van der Waals surface area contributed by atoms with Crippen molar-refractivity contribution in [2.75, 3.05) is 6.54 Å². The molecule has 2 rings (SSSR count). The van der Waals surface area contributed by atoms with Crippen LogP contribution in [0, 0.1) is 13.8 Å². The van der Waals surface area contributed by atoms with Gasteiger partial charge in [-0.3, -0.25) is 0 Å². The lowest BCUT2D eigenvalue weighted by atomic mass is 10.1. The predicted molar refractivity (Wildman–Crippen MR) is 73.5 cm³/mol. The van der Waals surface area contributed by atoms with Gasteiger partial charge in [0.1, 0.15) is 0 Å². The molecule has 0 atom stereocenters. The summed E-state index contributed by atoms with van der Waals surface area (Å²) in [6.07, 6.45) is 0.918. The van der Waals surface area contributed by atoms with Gasteiger partial charge in [-0.05, 0) is 60.4 Å². The fraction of sp³-hybridized carbons (Fsp3) is 0.308. The highest BCUT2D eigenvalue weighted by Crippen LogP contribution is 2.23. The van der Waals surface area contributed by atoms with Gasteiger partial charge in [0.25, 0.3) is 0 Å². The Morgan fingerprint density at radius 1 is 1.24 bits per heavy atom. The maximum Gasteiger partial charge on any atom is 0.0743 e. The van der Waals surface area contributed by atoms with Crippen molar-refractivity contribution in [3.05, 3.63) is 45.7 Å². The maximum absolute atomic E-state index is 5.53. The highest BCUT2D eigenvalue weighted by Gasteiger charge is 2.09. The Hall–Kier alpha value is -1.13. The zero-order valence-corrected chi connectivity index (χ0v) is 11.7. The van der Waals surface area contributed by atoms with Gasteiger partial charge in [-0.1, -0.05) is 12.1 Å². The van der Waals surface area contributed by atoms with Crippen molar-refractivity contribution in [2.24, 2.45) is 5.73 Å². The molecule has 0 unspecified atom stereocenters. The standard InChI is InChI=1S/C13H16BrN3/c1-9-13(14)10(2)17(16-9)12-5-3-11(4-6-12)7-8-15/h3-6H,7-8,15H2,1-2H3. The van der Waals surface area contributed by atoms with E-state index in [2.05, 4.69) is 52.2 Å². The highest BCUT2D eigenvalue weighted by atomic mass is 79.9. The molecule has 0 spiro atoms. The molecule has 2 aromatic rings. The molecule has 0 bridgehead atoms. The van der Waals surface area contributed by atoms with Gasteiger partial charge in [-0.15, -0.1) is 0 Å². The number of hydrogen-bond acceptors (Lipinski definition) is 2. The molecule has 17 heavy (non-hydrogen) atoms. The quantitative estimate of drug-likeness (QED) is 0.946. The normalized spacial score (nSPS) is 10.8. The van der Waals surface area contributed by atoms with Gasteiger partial charge in [-0.25, -0.2) is 4.68 Å². The van der Waals surface area contributed by atoms with Gasteiger partial charge < -0.3 is 5.73 Å². The van der Waals surface area contributed by atoms with E-state index in [1.807, 2.05) is 11.6 Å². The van der Waals surface area contributed by atoms with Crippen LogP contribution in [0.3, 0.4) is 0 Å². The fourth-order valence-corrected chi connectivity index (χ4v) is 2.09. The summed E-state index contributed by atoms with van der Waals surface area (Å²) in [7, 11) is 0. The summed E-state index contributed by atoms with van der Waals surface area (Å²) < 4.78 is 3.02. The third kappa shape index (κ3) is 2.42. The van der Waals surface area contributed by atoms with Crippen LogP contribution >= 0.6 is 15.9 Å². The number of aromatic nitrogens is 2. The molecule has 0 aliphatic rings. The lowest BCUT2D eigenvalue weighted by molar-refractivity contribution is 0.832. The number of rotatable bonds is 3. The average molecular weight is 294 g/mol. The van der Waals surface area contributed by atoms with Crippen molar-refractivity contribution < 1.29 is 0 Å². The second kappa shape index (κ2) is 5.02. The first-order valence-electron chi connectivity index (χ1n) is 5.64. The lowest BCUT2D eigenvalue weighted by Gasteiger charge is -2.05. The molecule has 90 valence electrons. The summed E-state index contributed by atoms with van der Waals surface area (Å²) >= 11 is 3.54. The van der Waals surface area contributed by atoms with Crippen LogP contribution in [0.1, 0.15) is 17.0 Å². The molecule has 0 radical (unpaired) electrons. The molecule has 1 aromatic heterocycles. The van der Waals surface area contributed by atoms with Crippen LogP contribution in [-0.4, -0.2) is 16.3 Å². The van der Waals surface area contributed by atoms with Gasteiger partial charge in [0, 0.05) is 0 Å². The topological polar surface area (TPSA) is 43.8 Å². The van der Waals surface area contributed by atoms with E-state index < -0.39 is 0 Å². The van der Waals surface area contributed by atoms with Gasteiger partial charge in [0.05, 0.1) is 21.5 Å². The molecule has 0 fully saturated rings. The zero-order valence-electron chi connectivity index (χ0n) is 10.1. The minimum atomic E-state index is 0.685. The Morgan fingerprint density at radius 3 is 2.35 bits per heavy atom. The molecular weight excluding hydrogens is 278 g/mol. The Bertz CT molecular complexity index is 514. The fourth-order valence-electron chi connectivity index (χ4n) is 1.85. The number of nitrogens with two attached hydrogens (primary N) is 1. The van der Waals surface area contributed by atoms with Crippen molar-refractivity contribution in [1.29, 1.82) is 0 Å². The Morgan fingerprint density at radius 2 is 1.88 bits per heavy atom. The minimum Gasteiger partial charge on any atom is -0.330 e. The van der Waals surface area contributed by atoms with Crippen molar-refractivity contribution in [3.63, 3.8) is 0 Å². The smallest absolute Gasteiger partial charge is 0.0743 e. The van der Waals surface area contributed by atoms with Gasteiger partial charge in [0.15, 0.2) is 0 Å². The van der Waals surface area contributed by atoms with Crippen LogP contribution in [0.15, 0.2) is 28.7 Å². The summed E-state index contributed by atoms with van der Waals surface area (Å²) in [5, 5.41) is 4.50. The Kier molecular flexibility index (Phi) is 3.64. The van der Waals surface area contributed by atoms with E-state index in [0.29, 0.717) is 6.54 Å². The van der Waals surface area contributed by atoms with Gasteiger partial charge in [0.2, 0.25) is 0 Å². The summed E-state index contributed by atoms with van der Waals surface area (Å²) in [6.45, 7) is 4.74. The van der Waals surface area contributed by atoms with E-state index in [9.17, 15) is 0 Å². The molecule has 1 aromatic carbocycles. The van der Waals surface area contributed by atoms with E-state index in [0.717, 1.165) is 28.0 Å². The first-order chi connectivity index (χ1) is 8.13. The molecule has 1 heterocycles. The highest BCUT2D eigenvalue weighted by molar-refractivity contribution is 9.10. The summed E-state index contributed by atoms with van der Waals surface area (Å²) in [5.41, 5.74) is 10.0. The lowest BCUT2D eigenvalue weighted by Crippen LogP contribution is -2.03. The zero-order chi connectivity index (χ0) is 12.4. The van der Waals surface area contributed by atoms with Crippen LogP contribution in [-0.2, 0) is 6.42 Å². The number of nitrogens with zero attached hydrogens (tertiary/aromatic N) is 2. The van der Waals surface area contributed by atoms with Crippen LogP contribution in [0.25, 0.3) is 5.69 Å². The first-order valence-corrected chi connectivity index (χ1v) is 6.44. The van der Waals surface area contributed by atoms with Crippen LogP contribution in [0.2, 0.25) is 0 Å². The van der Waals surface area contributed by atoms with E-state index in [1.165, 1.54) is 5.56 Å². The summed E-state index contributed by atoms with van der Waals surface area (Å²) in [6, 6.07) is 8.37. The van der Waals surface area contributed by atoms with Crippen molar-refractivity contribution in [3.8, 4) is 5.69 Å². The molecular formula is C13H16BrN3. The summed E-state index contributed by atoms with van der Waals surface area (Å²) in [4.78, 5) is 0.